The number of rotatable bonds is 1. The largest absolute Gasteiger partial charge is 0.466 e. The van der Waals surface area contributed by atoms with Crippen molar-refractivity contribution >= 4 is 14.1 Å². The van der Waals surface area contributed by atoms with Gasteiger partial charge in [-0.3, -0.25) is 4.79 Å². The van der Waals surface area contributed by atoms with Gasteiger partial charge in [0.05, 0.1) is 0 Å². The van der Waals surface area contributed by atoms with E-state index in [4.69, 9.17) is 19.2 Å². The highest BCUT2D eigenvalue weighted by molar-refractivity contribution is 7.45. The van der Waals surface area contributed by atoms with Crippen molar-refractivity contribution in [3.8, 4) is 0 Å². The molecule has 0 saturated heterocycles. The van der Waals surface area contributed by atoms with E-state index in [2.05, 4.69) is 0 Å². The maximum atomic E-state index is 10.0. The Morgan fingerprint density at radius 1 is 1.08 bits per heavy atom. The Balaban J connectivity index is 0.000000252. The van der Waals surface area contributed by atoms with Gasteiger partial charge in [0, 0.05) is 5.56 Å². The van der Waals surface area contributed by atoms with Crippen molar-refractivity contribution in [2.75, 3.05) is 0 Å². The molecule has 72 valence electrons. The van der Waals surface area contributed by atoms with Crippen molar-refractivity contribution in [2.24, 2.45) is 0 Å². The maximum Gasteiger partial charge on any atom is 0.466 e. The zero-order chi connectivity index (χ0) is 10.3. The Bertz CT molecular complexity index is 283. The third-order valence-corrected chi connectivity index (χ3v) is 0.936. The molecule has 0 bridgehead atoms. The molecule has 0 aliphatic heterocycles. The lowest BCUT2D eigenvalue weighted by atomic mass is 10.2. The van der Waals surface area contributed by atoms with Gasteiger partial charge in [-0.2, -0.15) is 0 Å². The monoisotopic (exact) mass is 204 g/mol. The number of carbonyl (C=O) groups excluding carboxylic acids is 1. The summed E-state index contributed by atoms with van der Waals surface area (Å²) in [5.41, 5.74) is 0.729. The smallest absolute Gasteiger partial charge is 0.303 e. The van der Waals surface area contributed by atoms with Gasteiger partial charge in [-0.1, -0.05) is 30.3 Å². The first-order valence-corrected chi connectivity index (χ1v) is 4.78. The molecule has 0 radical (unpaired) electrons. The molecule has 0 aliphatic rings. The molecule has 0 heterocycles. The molecule has 0 aromatic heterocycles. The molecule has 1 rings (SSSR count). The van der Waals surface area contributed by atoms with Gasteiger partial charge in [0.2, 0.25) is 0 Å². The third kappa shape index (κ3) is 11.0. The Morgan fingerprint density at radius 2 is 1.46 bits per heavy atom. The summed E-state index contributed by atoms with van der Waals surface area (Å²) in [5.74, 6) is 0. The predicted molar refractivity (Wildman–Crippen MR) is 46.1 cm³/mol. The van der Waals surface area contributed by atoms with E-state index in [-0.39, 0.29) is 0 Å². The van der Waals surface area contributed by atoms with E-state index in [1.807, 2.05) is 18.2 Å². The van der Waals surface area contributed by atoms with Crippen molar-refractivity contribution < 1.29 is 24.0 Å². The van der Waals surface area contributed by atoms with E-state index in [1.54, 1.807) is 12.1 Å². The van der Waals surface area contributed by atoms with Crippen molar-refractivity contribution in [3.63, 3.8) is 0 Å². The van der Waals surface area contributed by atoms with Crippen LogP contribution >= 0.6 is 7.82 Å². The Kier molecular flexibility index (Phi) is 5.18. The van der Waals surface area contributed by atoms with Crippen LogP contribution in [-0.4, -0.2) is 21.0 Å². The van der Waals surface area contributed by atoms with Crippen LogP contribution in [0.4, 0.5) is 0 Å². The Morgan fingerprint density at radius 3 is 1.69 bits per heavy atom. The quantitative estimate of drug-likeness (QED) is 0.459. The Labute approximate surface area is 74.9 Å². The zero-order valence-electron chi connectivity index (χ0n) is 6.57. The minimum absolute atomic E-state index is 0.729. The summed E-state index contributed by atoms with van der Waals surface area (Å²) >= 11 is 0. The fourth-order valence-electron chi connectivity index (χ4n) is 0.532. The topological polar surface area (TPSA) is 94.8 Å². The van der Waals surface area contributed by atoms with Crippen LogP contribution in [-0.2, 0) is 4.57 Å². The molecular weight excluding hydrogens is 195 g/mol. The summed E-state index contributed by atoms with van der Waals surface area (Å²) in [6.07, 6.45) is 0.833. The van der Waals surface area contributed by atoms with E-state index in [1.165, 1.54) is 0 Å². The van der Waals surface area contributed by atoms with Crippen molar-refractivity contribution in [3.05, 3.63) is 35.9 Å². The Hall–Kier alpha value is -1.00. The molecule has 0 aliphatic carbocycles. The van der Waals surface area contributed by atoms with Crippen LogP contribution in [0.5, 0.6) is 0 Å². The molecule has 0 unspecified atom stereocenters. The predicted octanol–water partition coefficient (Wildman–Crippen LogP) is 0.570. The van der Waals surface area contributed by atoms with Gasteiger partial charge in [0.1, 0.15) is 6.29 Å². The average Bonchev–Trinajstić information content (AvgIpc) is 2.03. The molecule has 0 atom stereocenters. The van der Waals surface area contributed by atoms with Crippen LogP contribution in [0.1, 0.15) is 10.4 Å². The van der Waals surface area contributed by atoms with Gasteiger partial charge >= 0.3 is 7.82 Å². The first-order valence-electron chi connectivity index (χ1n) is 3.22. The zero-order valence-corrected chi connectivity index (χ0v) is 7.46. The second-order valence-electron chi connectivity index (χ2n) is 2.04. The molecule has 0 amide bonds. The molecule has 0 spiro atoms. The third-order valence-electron chi connectivity index (χ3n) is 0.936. The van der Waals surface area contributed by atoms with E-state index in [0.717, 1.165) is 11.8 Å². The lowest BCUT2D eigenvalue weighted by Crippen LogP contribution is -1.73. The highest BCUT2D eigenvalue weighted by atomic mass is 31.2. The number of carbonyl (C=O) groups is 1. The first-order chi connectivity index (χ1) is 5.93. The number of phosphoric acid groups is 1. The van der Waals surface area contributed by atoms with Gasteiger partial charge in [-0.25, -0.2) is 4.57 Å². The molecule has 6 heteroatoms. The van der Waals surface area contributed by atoms with Crippen molar-refractivity contribution in [1.29, 1.82) is 0 Å². The summed E-state index contributed by atoms with van der Waals surface area (Å²) in [6.45, 7) is 0. The summed E-state index contributed by atoms with van der Waals surface area (Å²) in [7, 11) is -4.64. The summed E-state index contributed by atoms with van der Waals surface area (Å²) < 4.78 is 8.88. The molecule has 1 aromatic rings. The lowest BCUT2D eigenvalue weighted by molar-refractivity contribution is 0.112. The van der Waals surface area contributed by atoms with Crippen LogP contribution in [0.3, 0.4) is 0 Å². The highest BCUT2D eigenvalue weighted by Crippen LogP contribution is 2.25. The second-order valence-corrected chi connectivity index (χ2v) is 3.07. The molecule has 0 fully saturated rings. The molecule has 1 aromatic carbocycles. The minimum atomic E-state index is -4.64. The molecule has 3 N–H and O–H groups in total. The van der Waals surface area contributed by atoms with Crippen LogP contribution < -0.4 is 0 Å². The van der Waals surface area contributed by atoms with E-state index < -0.39 is 7.82 Å². The van der Waals surface area contributed by atoms with E-state index in [0.29, 0.717) is 0 Å². The van der Waals surface area contributed by atoms with E-state index >= 15 is 0 Å². The van der Waals surface area contributed by atoms with Gasteiger partial charge in [-0.15, -0.1) is 0 Å². The molecule has 0 saturated carbocycles. The van der Waals surface area contributed by atoms with Gasteiger partial charge < -0.3 is 14.7 Å². The number of aldehydes is 1. The minimum Gasteiger partial charge on any atom is -0.303 e. The first kappa shape index (κ1) is 12.0. The van der Waals surface area contributed by atoms with Gasteiger partial charge in [0.15, 0.2) is 0 Å². The summed E-state index contributed by atoms with van der Waals surface area (Å²) in [6, 6.07) is 9.10. The van der Waals surface area contributed by atoms with Gasteiger partial charge in [0.25, 0.3) is 0 Å². The fraction of sp³-hybridized carbons (Fsp3) is 0. The highest BCUT2D eigenvalue weighted by Gasteiger charge is 2.00. The fourth-order valence-corrected chi connectivity index (χ4v) is 0.532. The SMILES string of the molecule is O=Cc1ccccc1.O=P(O)(O)O. The van der Waals surface area contributed by atoms with Crippen LogP contribution in [0, 0.1) is 0 Å². The molecule has 5 nitrogen and oxygen atoms in total. The average molecular weight is 204 g/mol. The summed E-state index contributed by atoms with van der Waals surface area (Å²) in [4.78, 5) is 31.6. The van der Waals surface area contributed by atoms with Crippen molar-refractivity contribution in [1.82, 2.24) is 0 Å². The van der Waals surface area contributed by atoms with E-state index in [9.17, 15) is 4.79 Å². The second kappa shape index (κ2) is 5.61. The van der Waals surface area contributed by atoms with Crippen LogP contribution in [0.15, 0.2) is 30.3 Å². The lowest BCUT2D eigenvalue weighted by Gasteiger charge is -1.82. The molecular formula is C7H9O5P. The van der Waals surface area contributed by atoms with Gasteiger partial charge in [-0.05, 0) is 0 Å². The number of benzene rings is 1. The molecule has 13 heavy (non-hydrogen) atoms. The number of hydrogen-bond donors (Lipinski definition) is 3. The van der Waals surface area contributed by atoms with Crippen molar-refractivity contribution in [2.45, 2.75) is 0 Å². The van der Waals surface area contributed by atoms with Crippen LogP contribution in [0.2, 0.25) is 0 Å². The summed E-state index contributed by atoms with van der Waals surface area (Å²) in [5, 5.41) is 0. The normalized spacial score (nSPS) is 9.77. The number of hydrogen-bond acceptors (Lipinski definition) is 2. The van der Waals surface area contributed by atoms with Crippen LogP contribution in [0.25, 0.3) is 0 Å². The standard InChI is InChI=1S/C7H6O.H3O4P/c8-6-7-4-2-1-3-5-7;1-5(2,3)4/h1-6H;(H3,1,2,3,4). The maximum absolute atomic E-state index is 10.0.